The second-order valence-corrected chi connectivity index (χ2v) is 11.4. The molecule has 5 nitrogen and oxygen atoms in total. The second-order valence-electron chi connectivity index (χ2n) is 9.75. The number of rotatable bonds is 9. The van der Waals surface area contributed by atoms with Crippen LogP contribution in [0.3, 0.4) is 0 Å². The molecule has 1 amide bonds. The van der Waals surface area contributed by atoms with Crippen LogP contribution >= 0.6 is 36.4 Å². The molecule has 1 aliphatic heterocycles. The molecule has 3 fully saturated rings. The summed E-state index contributed by atoms with van der Waals surface area (Å²) in [5.74, 6) is 2.30. The molecule has 3 aliphatic rings. The summed E-state index contributed by atoms with van der Waals surface area (Å²) in [5, 5.41) is 0. The Morgan fingerprint density at radius 2 is 2.09 bits per heavy atom. The standard InChI is InChI=1S/C27H33N3O2S2.ClH/c1-32-21-8-5-7-18(14-21)22-15-19(6-3-2-4-11-28)23(29-22)16-25-26(31)30(27(33)34-25)24-13-17-9-10-20(24)12-17;/h5,7-8,14-17,20,24,29H,2-4,6,9-13,28H2,1H3;1H/b25-16-;. The number of thiocarbonyl (C=S) groups is 1. The molecule has 2 bridgehead atoms. The maximum absolute atomic E-state index is 13.5. The topological polar surface area (TPSA) is 71.3 Å². The van der Waals surface area contributed by atoms with E-state index in [0.29, 0.717) is 12.0 Å². The van der Waals surface area contributed by atoms with E-state index in [1.165, 1.54) is 36.6 Å². The number of aromatic amines is 1. The number of ether oxygens (including phenoxy) is 1. The number of benzene rings is 1. The van der Waals surface area contributed by atoms with E-state index in [-0.39, 0.29) is 18.3 Å². The van der Waals surface area contributed by atoms with Crippen molar-refractivity contribution in [3.63, 3.8) is 0 Å². The van der Waals surface area contributed by atoms with Crippen LogP contribution < -0.4 is 10.5 Å². The molecule has 0 spiro atoms. The Kier molecular flexibility index (Phi) is 8.63. The summed E-state index contributed by atoms with van der Waals surface area (Å²) in [6.45, 7) is 0.723. The number of aryl methyl sites for hydroxylation is 1. The Morgan fingerprint density at radius 3 is 2.80 bits per heavy atom. The molecule has 188 valence electrons. The van der Waals surface area contributed by atoms with E-state index in [0.717, 1.165) is 76.5 Å². The van der Waals surface area contributed by atoms with Gasteiger partial charge < -0.3 is 15.5 Å². The number of hydrogen-bond acceptors (Lipinski definition) is 5. The van der Waals surface area contributed by atoms with Gasteiger partial charge in [-0.05, 0) is 86.7 Å². The average molecular weight is 532 g/mol. The van der Waals surface area contributed by atoms with Crippen LogP contribution in [0.4, 0.5) is 0 Å². The molecular formula is C27H34ClN3O2S2. The van der Waals surface area contributed by atoms with E-state index in [2.05, 4.69) is 17.1 Å². The van der Waals surface area contributed by atoms with Gasteiger partial charge in [0, 0.05) is 23.0 Å². The van der Waals surface area contributed by atoms with E-state index >= 15 is 0 Å². The van der Waals surface area contributed by atoms with Crippen LogP contribution in [0.1, 0.15) is 56.2 Å². The third kappa shape index (κ3) is 5.48. The summed E-state index contributed by atoms with van der Waals surface area (Å²) >= 11 is 7.15. The molecular weight excluding hydrogens is 498 g/mol. The highest BCUT2D eigenvalue weighted by atomic mass is 35.5. The average Bonchev–Trinajstić information content (AvgIpc) is 3.62. The predicted octanol–water partition coefficient (Wildman–Crippen LogP) is 6.17. The first-order valence-electron chi connectivity index (χ1n) is 12.4. The number of carbonyl (C=O) groups excluding carboxylic acids is 1. The van der Waals surface area contributed by atoms with E-state index in [4.69, 9.17) is 22.7 Å². The number of hydrogen-bond donors (Lipinski definition) is 2. The van der Waals surface area contributed by atoms with Crippen LogP contribution in [-0.4, -0.2) is 39.8 Å². The van der Waals surface area contributed by atoms with Crippen LogP contribution in [-0.2, 0) is 11.2 Å². The van der Waals surface area contributed by atoms with Crippen LogP contribution in [0.2, 0.25) is 0 Å². The number of nitrogens with two attached hydrogens (primary N) is 1. The molecule has 2 aromatic rings. The smallest absolute Gasteiger partial charge is 0.266 e. The molecule has 35 heavy (non-hydrogen) atoms. The largest absolute Gasteiger partial charge is 0.497 e. The Labute approximate surface area is 223 Å². The van der Waals surface area contributed by atoms with E-state index < -0.39 is 0 Å². The number of thioether (sulfide) groups is 1. The number of aromatic nitrogens is 1. The Morgan fingerprint density at radius 1 is 1.23 bits per heavy atom. The van der Waals surface area contributed by atoms with Crippen molar-refractivity contribution in [3.05, 3.63) is 46.5 Å². The van der Waals surface area contributed by atoms with E-state index in [1.54, 1.807) is 7.11 Å². The third-order valence-electron chi connectivity index (χ3n) is 7.60. The predicted molar refractivity (Wildman–Crippen MR) is 151 cm³/mol. The first-order valence-corrected chi connectivity index (χ1v) is 13.6. The fraction of sp³-hybridized carbons (Fsp3) is 0.481. The van der Waals surface area contributed by atoms with Gasteiger partial charge in [-0.3, -0.25) is 9.69 Å². The first kappa shape index (κ1) is 26.3. The Balaban J connectivity index is 0.00000289. The number of nitrogens with one attached hydrogen (secondary N) is 1. The lowest BCUT2D eigenvalue weighted by Crippen LogP contribution is -2.41. The van der Waals surface area contributed by atoms with Gasteiger partial charge >= 0.3 is 0 Å². The summed E-state index contributed by atoms with van der Waals surface area (Å²) in [6, 6.07) is 10.6. The normalized spacial score (nSPS) is 24.5. The quantitative estimate of drug-likeness (QED) is 0.230. The molecule has 2 aliphatic carbocycles. The van der Waals surface area contributed by atoms with E-state index in [9.17, 15) is 4.79 Å². The number of amides is 1. The molecule has 5 rings (SSSR count). The van der Waals surface area contributed by atoms with Gasteiger partial charge in [-0.25, -0.2) is 0 Å². The zero-order valence-electron chi connectivity index (χ0n) is 20.1. The number of H-pyrrole nitrogens is 1. The zero-order valence-corrected chi connectivity index (χ0v) is 22.6. The molecule has 1 saturated heterocycles. The van der Waals surface area contributed by atoms with Crippen molar-refractivity contribution in [1.82, 2.24) is 9.88 Å². The van der Waals surface area contributed by atoms with Crippen molar-refractivity contribution < 1.29 is 9.53 Å². The lowest BCUT2D eigenvalue weighted by Gasteiger charge is -2.30. The summed E-state index contributed by atoms with van der Waals surface area (Å²) in [5.41, 5.74) is 10.0. The van der Waals surface area contributed by atoms with Crippen molar-refractivity contribution in [2.45, 2.75) is 57.4 Å². The highest BCUT2D eigenvalue weighted by molar-refractivity contribution is 8.26. The lowest BCUT2D eigenvalue weighted by atomic mass is 9.94. The molecule has 1 aromatic heterocycles. The summed E-state index contributed by atoms with van der Waals surface area (Å²) in [6.07, 6.45) is 11.1. The van der Waals surface area contributed by atoms with Crippen molar-refractivity contribution in [1.29, 1.82) is 0 Å². The maximum atomic E-state index is 13.5. The first-order chi connectivity index (χ1) is 16.6. The fourth-order valence-electron chi connectivity index (χ4n) is 5.86. The molecule has 2 heterocycles. The van der Waals surface area contributed by atoms with Crippen molar-refractivity contribution in [2.75, 3.05) is 13.7 Å². The fourth-order valence-corrected chi connectivity index (χ4v) is 7.21. The molecule has 3 atom stereocenters. The zero-order chi connectivity index (χ0) is 23.7. The Bertz CT molecular complexity index is 1120. The molecule has 3 unspecified atom stereocenters. The summed E-state index contributed by atoms with van der Waals surface area (Å²) in [7, 11) is 1.68. The molecule has 0 radical (unpaired) electrons. The van der Waals surface area contributed by atoms with Crippen LogP contribution in [0, 0.1) is 11.8 Å². The van der Waals surface area contributed by atoms with Crippen molar-refractivity contribution in [2.24, 2.45) is 17.6 Å². The van der Waals surface area contributed by atoms with Gasteiger partial charge in [-0.1, -0.05) is 49.0 Å². The van der Waals surface area contributed by atoms with Crippen molar-refractivity contribution >= 4 is 52.7 Å². The third-order valence-corrected chi connectivity index (χ3v) is 8.93. The van der Waals surface area contributed by atoms with Crippen LogP contribution in [0.5, 0.6) is 5.75 Å². The number of methoxy groups -OCH3 is 1. The molecule has 2 saturated carbocycles. The Hall–Kier alpha value is -1.80. The maximum Gasteiger partial charge on any atom is 0.266 e. The highest BCUT2D eigenvalue weighted by Gasteiger charge is 2.48. The van der Waals surface area contributed by atoms with Gasteiger partial charge in [0.05, 0.1) is 12.0 Å². The lowest BCUT2D eigenvalue weighted by molar-refractivity contribution is -0.124. The molecule has 3 N–H and O–H groups in total. The minimum absolute atomic E-state index is 0. The van der Waals surface area contributed by atoms with Crippen molar-refractivity contribution in [3.8, 4) is 17.0 Å². The number of unbranched alkanes of at least 4 members (excludes halogenated alkanes) is 2. The summed E-state index contributed by atoms with van der Waals surface area (Å²) < 4.78 is 6.13. The van der Waals surface area contributed by atoms with Gasteiger partial charge in [-0.2, -0.15) is 0 Å². The number of nitrogens with zero attached hydrogens (tertiary/aromatic N) is 1. The molecule has 1 aromatic carbocycles. The van der Waals surface area contributed by atoms with Crippen LogP contribution in [0.15, 0.2) is 35.2 Å². The van der Waals surface area contributed by atoms with Gasteiger partial charge in [0.15, 0.2) is 0 Å². The van der Waals surface area contributed by atoms with Gasteiger partial charge in [0.1, 0.15) is 10.1 Å². The number of halogens is 1. The SMILES string of the molecule is COc1cccc(-c2cc(CCCCCN)c(/C=C3\SC(=S)N(C4CC5CCC4C5)C3=O)[nH]2)c1.Cl. The van der Waals surface area contributed by atoms with Gasteiger partial charge in [0.25, 0.3) is 5.91 Å². The number of carbonyl (C=O) groups is 1. The van der Waals surface area contributed by atoms with Gasteiger partial charge in [0.2, 0.25) is 0 Å². The molecule has 8 heteroatoms. The monoisotopic (exact) mass is 531 g/mol. The minimum Gasteiger partial charge on any atom is -0.497 e. The summed E-state index contributed by atoms with van der Waals surface area (Å²) in [4.78, 5) is 19.7. The minimum atomic E-state index is 0. The van der Waals surface area contributed by atoms with E-state index in [1.807, 2.05) is 29.2 Å². The van der Waals surface area contributed by atoms with Crippen LogP contribution in [0.25, 0.3) is 17.3 Å². The number of fused-ring (bicyclic) bond motifs is 2. The highest BCUT2D eigenvalue weighted by Crippen LogP contribution is 2.49. The second kappa shape index (κ2) is 11.5. The van der Waals surface area contributed by atoms with Gasteiger partial charge in [-0.15, -0.1) is 12.4 Å².